The summed E-state index contributed by atoms with van der Waals surface area (Å²) in [6, 6.07) is 7.98. The molecule has 102 valence electrons. The van der Waals surface area contributed by atoms with Gasteiger partial charge in [0.1, 0.15) is 5.82 Å². The standard InChI is InChI=1S/C13H7Cl2FN2O2/c14-11-3-2-10(18(19)20)5-8(11)7-17-9-1-4-13(16)12(15)6-9/h1-7H. The van der Waals surface area contributed by atoms with Gasteiger partial charge in [0.25, 0.3) is 5.69 Å². The number of hydrogen-bond donors (Lipinski definition) is 0. The third-order valence-electron chi connectivity index (χ3n) is 2.45. The number of rotatable bonds is 3. The first-order chi connectivity index (χ1) is 9.47. The lowest BCUT2D eigenvalue weighted by atomic mass is 10.2. The summed E-state index contributed by atoms with van der Waals surface area (Å²) < 4.78 is 13.0. The zero-order chi connectivity index (χ0) is 14.7. The predicted molar refractivity (Wildman–Crippen MR) is 76.8 cm³/mol. The number of benzene rings is 2. The van der Waals surface area contributed by atoms with E-state index in [0.717, 1.165) is 0 Å². The Hall–Kier alpha value is -1.98. The minimum atomic E-state index is -0.543. The van der Waals surface area contributed by atoms with Gasteiger partial charge in [-0.1, -0.05) is 23.2 Å². The maximum absolute atomic E-state index is 13.0. The first-order valence-electron chi connectivity index (χ1n) is 5.40. The SMILES string of the molecule is O=[N+]([O-])c1ccc(Cl)c(C=Nc2ccc(F)c(Cl)c2)c1. The highest BCUT2D eigenvalue weighted by Crippen LogP contribution is 2.24. The summed E-state index contributed by atoms with van der Waals surface area (Å²) in [7, 11) is 0. The van der Waals surface area contributed by atoms with Gasteiger partial charge in [-0.3, -0.25) is 15.1 Å². The van der Waals surface area contributed by atoms with E-state index < -0.39 is 10.7 Å². The summed E-state index contributed by atoms with van der Waals surface area (Å²) in [5.74, 6) is -0.543. The molecule has 0 saturated heterocycles. The Morgan fingerprint density at radius 1 is 1.15 bits per heavy atom. The van der Waals surface area contributed by atoms with Crippen LogP contribution in [0, 0.1) is 15.9 Å². The van der Waals surface area contributed by atoms with Crippen LogP contribution in [0.4, 0.5) is 15.8 Å². The molecular formula is C13H7Cl2FN2O2. The van der Waals surface area contributed by atoms with Crippen LogP contribution in [0.2, 0.25) is 10.0 Å². The summed E-state index contributed by atoms with van der Waals surface area (Å²) in [6.45, 7) is 0. The average Bonchev–Trinajstić information content (AvgIpc) is 2.41. The van der Waals surface area contributed by atoms with Crippen molar-refractivity contribution in [3.63, 3.8) is 0 Å². The molecule has 0 spiro atoms. The second-order valence-electron chi connectivity index (χ2n) is 3.82. The largest absolute Gasteiger partial charge is 0.270 e. The number of nitro groups is 1. The maximum atomic E-state index is 13.0. The van der Waals surface area contributed by atoms with E-state index in [9.17, 15) is 14.5 Å². The Kier molecular flexibility index (Phi) is 4.32. The normalized spacial score (nSPS) is 10.9. The second-order valence-corrected chi connectivity index (χ2v) is 4.63. The van der Waals surface area contributed by atoms with Crippen LogP contribution in [0.1, 0.15) is 5.56 Å². The lowest BCUT2D eigenvalue weighted by molar-refractivity contribution is -0.384. The smallest absolute Gasteiger partial charge is 0.258 e. The van der Waals surface area contributed by atoms with Gasteiger partial charge < -0.3 is 0 Å². The van der Waals surface area contributed by atoms with Gasteiger partial charge in [-0.2, -0.15) is 0 Å². The molecule has 0 bridgehead atoms. The summed E-state index contributed by atoms with van der Waals surface area (Å²) in [5, 5.41) is 11.0. The van der Waals surface area contributed by atoms with Crippen LogP contribution in [-0.4, -0.2) is 11.1 Å². The zero-order valence-corrected chi connectivity index (χ0v) is 11.4. The Morgan fingerprint density at radius 3 is 2.55 bits per heavy atom. The summed E-state index contributed by atoms with van der Waals surface area (Å²) >= 11 is 11.6. The van der Waals surface area contributed by atoms with Crippen LogP contribution < -0.4 is 0 Å². The Labute approximate surface area is 123 Å². The fourth-order valence-electron chi connectivity index (χ4n) is 1.45. The molecule has 2 aromatic rings. The van der Waals surface area contributed by atoms with Gasteiger partial charge in [0.15, 0.2) is 0 Å². The Bertz CT molecular complexity index is 705. The van der Waals surface area contributed by atoms with Crippen molar-refractivity contribution in [3.05, 3.63) is 67.9 Å². The molecule has 0 aliphatic rings. The fraction of sp³-hybridized carbons (Fsp3) is 0. The molecule has 0 aliphatic heterocycles. The molecule has 2 aromatic carbocycles. The molecule has 4 nitrogen and oxygen atoms in total. The summed E-state index contributed by atoms with van der Waals surface area (Å²) in [5.41, 5.74) is 0.716. The molecule has 0 fully saturated rings. The van der Waals surface area contributed by atoms with Crippen molar-refractivity contribution in [2.24, 2.45) is 4.99 Å². The zero-order valence-electron chi connectivity index (χ0n) is 9.89. The molecule has 0 radical (unpaired) electrons. The van der Waals surface area contributed by atoms with Gasteiger partial charge in [0, 0.05) is 28.9 Å². The first kappa shape index (κ1) is 14.4. The van der Waals surface area contributed by atoms with E-state index in [2.05, 4.69) is 4.99 Å². The number of nitrogens with zero attached hydrogens (tertiary/aromatic N) is 2. The van der Waals surface area contributed by atoms with E-state index in [1.165, 1.54) is 42.6 Å². The van der Waals surface area contributed by atoms with Gasteiger partial charge in [-0.25, -0.2) is 4.39 Å². The van der Waals surface area contributed by atoms with E-state index in [1.807, 2.05) is 0 Å². The van der Waals surface area contributed by atoms with Gasteiger partial charge in [0.2, 0.25) is 0 Å². The minimum absolute atomic E-state index is 0.0511. The quantitative estimate of drug-likeness (QED) is 0.464. The average molecular weight is 313 g/mol. The van der Waals surface area contributed by atoms with E-state index in [4.69, 9.17) is 23.2 Å². The van der Waals surface area contributed by atoms with Gasteiger partial charge in [0.05, 0.1) is 15.6 Å². The third-order valence-corrected chi connectivity index (χ3v) is 3.08. The van der Waals surface area contributed by atoms with Crippen LogP contribution in [0.5, 0.6) is 0 Å². The molecule has 0 aliphatic carbocycles. The molecule has 20 heavy (non-hydrogen) atoms. The number of halogens is 3. The molecule has 0 atom stereocenters. The Balaban J connectivity index is 2.33. The molecular weight excluding hydrogens is 306 g/mol. The van der Waals surface area contributed by atoms with E-state index in [-0.39, 0.29) is 10.7 Å². The van der Waals surface area contributed by atoms with Crippen molar-refractivity contribution < 1.29 is 9.31 Å². The first-order valence-corrected chi connectivity index (χ1v) is 6.16. The summed E-state index contributed by atoms with van der Waals surface area (Å²) in [6.07, 6.45) is 1.36. The van der Waals surface area contributed by atoms with Gasteiger partial charge >= 0.3 is 0 Å². The molecule has 2 rings (SSSR count). The molecule has 0 saturated carbocycles. The highest BCUT2D eigenvalue weighted by molar-refractivity contribution is 6.33. The van der Waals surface area contributed by atoms with E-state index in [1.54, 1.807) is 0 Å². The van der Waals surface area contributed by atoms with Gasteiger partial charge in [-0.15, -0.1) is 0 Å². The number of non-ortho nitro benzene ring substituents is 1. The van der Waals surface area contributed by atoms with Crippen LogP contribution in [0.3, 0.4) is 0 Å². The maximum Gasteiger partial charge on any atom is 0.270 e. The van der Waals surface area contributed by atoms with E-state index in [0.29, 0.717) is 16.3 Å². The van der Waals surface area contributed by atoms with Crippen LogP contribution >= 0.6 is 23.2 Å². The van der Waals surface area contributed by atoms with Gasteiger partial charge in [-0.05, 0) is 24.3 Å². The van der Waals surface area contributed by atoms with Crippen molar-refractivity contribution in [2.75, 3.05) is 0 Å². The van der Waals surface area contributed by atoms with Crippen LogP contribution in [0.15, 0.2) is 41.4 Å². The molecule has 0 amide bonds. The van der Waals surface area contributed by atoms with Crippen molar-refractivity contribution in [2.45, 2.75) is 0 Å². The molecule has 0 N–H and O–H groups in total. The van der Waals surface area contributed by atoms with Crippen LogP contribution in [0.25, 0.3) is 0 Å². The number of nitro benzene ring substituents is 1. The summed E-state index contributed by atoms with van der Waals surface area (Å²) in [4.78, 5) is 14.2. The third kappa shape index (κ3) is 3.31. The highest BCUT2D eigenvalue weighted by Gasteiger charge is 2.08. The molecule has 0 unspecified atom stereocenters. The van der Waals surface area contributed by atoms with Crippen molar-refractivity contribution in [3.8, 4) is 0 Å². The van der Waals surface area contributed by atoms with Crippen molar-refractivity contribution in [1.29, 1.82) is 0 Å². The van der Waals surface area contributed by atoms with E-state index >= 15 is 0 Å². The van der Waals surface area contributed by atoms with Crippen LogP contribution in [-0.2, 0) is 0 Å². The lowest BCUT2D eigenvalue weighted by Gasteiger charge is -1.99. The van der Waals surface area contributed by atoms with Crippen molar-refractivity contribution in [1.82, 2.24) is 0 Å². The van der Waals surface area contributed by atoms with Crippen molar-refractivity contribution >= 4 is 40.8 Å². The lowest BCUT2D eigenvalue weighted by Crippen LogP contribution is -1.90. The fourth-order valence-corrected chi connectivity index (χ4v) is 1.79. The molecule has 0 aromatic heterocycles. The minimum Gasteiger partial charge on any atom is -0.258 e. The number of aliphatic imine (C=N–C) groups is 1. The Morgan fingerprint density at radius 2 is 1.90 bits per heavy atom. The number of hydrogen-bond acceptors (Lipinski definition) is 3. The molecule has 7 heteroatoms. The predicted octanol–water partition coefficient (Wildman–Crippen LogP) is 4.79. The second kappa shape index (κ2) is 5.98. The topological polar surface area (TPSA) is 55.5 Å². The molecule has 0 heterocycles. The highest BCUT2D eigenvalue weighted by atomic mass is 35.5. The monoisotopic (exact) mass is 312 g/mol.